The lowest BCUT2D eigenvalue weighted by molar-refractivity contribution is -0.128. The van der Waals surface area contributed by atoms with Crippen molar-refractivity contribution in [2.75, 3.05) is 13.6 Å². The van der Waals surface area contributed by atoms with E-state index in [0.717, 1.165) is 10.8 Å². The summed E-state index contributed by atoms with van der Waals surface area (Å²) in [5, 5.41) is 11.3. The lowest BCUT2D eigenvalue weighted by Crippen LogP contribution is -2.34. The summed E-state index contributed by atoms with van der Waals surface area (Å²) >= 11 is 1.25. The molecule has 1 amide bonds. The van der Waals surface area contributed by atoms with Crippen molar-refractivity contribution in [1.29, 1.82) is 5.26 Å². The SMILES string of the molecule is C[C@H](Sc1nc2cc3ccccc3cc2c(=O)n1C)C(=O)N(C)CCC#N. The first kappa shape index (κ1) is 18.9. The molecule has 0 aliphatic rings. The number of hydrogen-bond donors (Lipinski definition) is 0. The van der Waals surface area contributed by atoms with E-state index in [9.17, 15) is 9.59 Å². The van der Waals surface area contributed by atoms with E-state index in [0.29, 0.717) is 29.0 Å². The number of aromatic nitrogens is 2. The van der Waals surface area contributed by atoms with E-state index < -0.39 is 5.25 Å². The molecule has 0 bridgehead atoms. The highest BCUT2D eigenvalue weighted by atomic mass is 32.2. The summed E-state index contributed by atoms with van der Waals surface area (Å²) in [6.07, 6.45) is 0.291. The maximum absolute atomic E-state index is 12.8. The first-order valence-electron chi connectivity index (χ1n) is 8.60. The van der Waals surface area contributed by atoms with Crippen LogP contribution in [-0.2, 0) is 11.8 Å². The van der Waals surface area contributed by atoms with Crippen LogP contribution in [0.2, 0.25) is 0 Å². The number of carbonyl (C=O) groups excluding carboxylic acids is 1. The van der Waals surface area contributed by atoms with Crippen molar-refractivity contribution in [1.82, 2.24) is 14.5 Å². The van der Waals surface area contributed by atoms with Crippen LogP contribution in [0.1, 0.15) is 13.3 Å². The predicted octanol–water partition coefficient (Wildman–Crippen LogP) is 2.94. The molecule has 1 heterocycles. The molecule has 0 saturated carbocycles. The van der Waals surface area contributed by atoms with Gasteiger partial charge in [-0.3, -0.25) is 14.2 Å². The molecular weight excluding hydrogens is 360 g/mol. The van der Waals surface area contributed by atoms with E-state index in [4.69, 9.17) is 5.26 Å². The molecular formula is C20H20N4O2S. The van der Waals surface area contributed by atoms with Gasteiger partial charge >= 0.3 is 0 Å². The average molecular weight is 380 g/mol. The van der Waals surface area contributed by atoms with Gasteiger partial charge in [0, 0.05) is 20.6 Å². The average Bonchev–Trinajstić information content (AvgIpc) is 2.68. The molecule has 6 nitrogen and oxygen atoms in total. The zero-order chi connectivity index (χ0) is 19.6. The van der Waals surface area contributed by atoms with Crippen molar-refractivity contribution in [3.05, 3.63) is 46.8 Å². The van der Waals surface area contributed by atoms with Crippen molar-refractivity contribution in [2.45, 2.75) is 23.8 Å². The molecule has 0 fully saturated rings. The largest absolute Gasteiger partial charge is 0.344 e. The summed E-state index contributed by atoms with van der Waals surface area (Å²) in [7, 11) is 3.35. The normalized spacial score (nSPS) is 12.1. The van der Waals surface area contributed by atoms with Gasteiger partial charge in [0.15, 0.2) is 5.16 Å². The number of amides is 1. The lowest BCUT2D eigenvalue weighted by Gasteiger charge is -2.20. The second-order valence-corrected chi connectivity index (χ2v) is 7.71. The third-order valence-electron chi connectivity index (χ3n) is 4.47. The predicted molar refractivity (Wildman–Crippen MR) is 108 cm³/mol. The summed E-state index contributed by atoms with van der Waals surface area (Å²) in [6.45, 7) is 2.17. The van der Waals surface area contributed by atoms with Crippen LogP contribution < -0.4 is 5.56 Å². The van der Waals surface area contributed by atoms with Gasteiger partial charge in [0.05, 0.1) is 28.6 Å². The van der Waals surface area contributed by atoms with Crippen LogP contribution in [0.15, 0.2) is 46.3 Å². The highest BCUT2D eigenvalue weighted by molar-refractivity contribution is 8.00. The van der Waals surface area contributed by atoms with Crippen LogP contribution in [0.3, 0.4) is 0 Å². The zero-order valence-corrected chi connectivity index (χ0v) is 16.3. The molecule has 1 aromatic heterocycles. The molecule has 0 unspecified atom stereocenters. The molecule has 2 aromatic carbocycles. The van der Waals surface area contributed by atoms with Crippen molar-refractivity contribution in [2.24, 2.45) is 7.05 Å². The Kier molecular flexibility index (Phi) is 5.47. The zero-order valence-electron chi connectivity index (χ0n) is 15.5. The number of thioether (sulfide) groups is 1. The highest BCUT2D eigenvalue weighted by Gasteiger charge is 2.21. The van der Waals surface area contributed by atoms with Crippen molar-refractivity contribution in [3.63, 3.8) is 0 Å². The van der Waals surface area contributed by atoms with Crippen LogP contribution in [-0.4, -0.2) is 39.2 Å². The summed E-state index contributed by atoms with van der Waals surface area (Å²) in [4.78, 5) is 31.4. The van der Waals surface area contributed by atoms with Gasteiger partial charge in [-0.1, -0.05) is 36.0 Å². The van der Waals surface area contributed by atoms with Gasteiger partial charge in [0.2, 0.25) is 5.91 Å². The van der Waals surface area contributed by atoms with Gasteiger partial charge in [0.1, 0.15) is 0 Å². The van der Waals surface area contributed by atoms with Crippen LogP contribution in [0, 0.1) is 11.3 Å². The molecule has 3 rings (SSSR count). The number of benzene rings is 2. The molecule has 0 N–H and O–H groups in total. The first-order valence-corrected chi connectivity index (χ1v) is 9.48. The third-order valence-corrected chi connectivity index (χ3v) is 5.60. The Bertz CT molecular complexity index is 1120. The number of carbonyl (C=O) groups is 1. The quantitative estimate of drug-likeness (QED) is 0.386. The Labute approximate surface area is 161 Å². The van der Waals surface area contributed by atoms with E-state index in [1.165, 1.54) is 21.2 Å². The molecule has 0 radical (unpaired) electrons. The number of fused-ring (bicyclic) bond motifs is 2. The molecule has 0 aliphatic heterocycles. The Morgan fingerprint density at radius 3 is 2.67 bits per heavy atom. The molecule has 0 saturated heterocycles. The molecule has 7 heteroatoms. The maximum Gasteiger partial charge on any atom is 0.261 e. The van der Waals surface area contributed by atoms with Gasteiger partial charge < -0.3 is 4.90 Å². The Morgan fingerprint density at radius 1 is 1.33 bits per heavy atom. The second-order valence-electron chi connectivity index (χ2n) is 6.40. The second kappa shape index (κ2) is 7.80. The minimum Gasteiger partial charge on any atom is -0.344 e. The summed E-state index contributed by atoms with van der Waals surface area (Å²) < 4.78 is 1.49. The lowest BCUT2D eigenvalue weighted by atomic mass is 10.1. The molecule has 1 atom stereocenters. The number of rotatable bonds is 5. The monoisotopic (exact) mass is 380 g/mol. The Balaban J connectivity index is 1.96. The van der Waals surface area contributed by atoms with E-state index in [1.807, 2.05) is 42.5 Å². The first-order chi connectivity index (χ1) is 12.9. The van der Waals surface area contributed by atoms with Gasteiger partial charge in [0.25, 0.3) is 5.56 Å². The minimum absolute atomic E-state index is 0.0943. The molecule has 138 valence electrons. The van der Waals surface area contributed by atoms with Crippen molar-refractivity contribution >= 4 is 39.3 Å². The summed E-state index contributed by atoms with van der Waals surface area (Å²) in [6, 6.07) is 13.6. The Morgan fingerprint density at radius 2 is 2.00 bits per heavy atom. The van der Waals surface area contributed by atoms with E-state index >= 15 is 0 Å². The van der Waals surface area contributed by atoms with E-state index in [-0.39, 0.29) is 11.5 Å². The van der Waals surface area contributed by atoms with Gasteiger partial charge in [-0.05, 0) is 29.8 Å². The summed E-state index contributed by atoms with van der Waals surface area (Å²) in [5.74, 6) is -0.0943. The number of hydrogen-bond acceptors (Lipinski definition) is 5. The smallest absolute Gasteiger partial charge is 0.261 e. The highest BCUT2D eigenvalue weighted by Crippen LogP contribution is 2.25. The van der Waals surface area contributed by atoms with Crippen molar-refractivity contribution < 1.29 is 4.79 Å². The van der Waals surface area contributed by atoms with Crippen LogP contribution in [0.4, 0.5) is 0 Å². The van der Waals surface area contributed by atoms with Gasteiger partial charge in [-0.25, -0.2) is 4.98 Å². The minimum atomic E-state index is -0.412. The molecule has 27 heavy (non-hydrogen) atoms. The van der Waals surface area contributed by atoms with Gasteiger partial charge in [-0.2, -0.15) is 5.26 Å². The molecule has 0 spiro atoms. The number of nitrogens with zero attached hydrogens (tertiary/aromatic N) is 4. The van der Waals surface area contributed by atoms with Crippen molar-refractivity contribution in [3.8, 4) is 6.07 Å². The molecule has 3 aromatic rings. The van der Waals surface area contributed by atoms with Crippen LogP contribution >= 0.6 is 11.8 Å². The van der Waals surface area contributed by atoms with Crippen LogP contribution in [0.5, 0.6) is 0 Å². The van der Waals surface area contributed by atoms with Gasteiger partial charge in [-0.15, -0.1) is 0 Å². The fraction of sp³-hybridized carbons (Fsp3) is 0.300. The van der Waals surface area contributed by atoms with E-state index in [2.05, 4.69) is 4.98 Å². The fourth-order valence-corrected chi connectivity index (χ4v) is 3.88. The summed E-state index contributed by atoms with van der Waals surface area (Å²) in [5.41, 5.74) is 0.488. The van der Waals surface area contributed by atoms with Crippen LogP contribution in [0.25, 0.3) is 21.7 Å². The fourth-order valence-electron chi connectivity index (χ4n) is 2.89. The molecule has 0 aliphatic carbocycles. The number of nitriles is 1. The Hall–Kier alpha value is -2.85. The maximum atomic E-state index is 12.8. The third kappa shape index (κ3) is 3.81. The topological polar surface area (TPSA) is 79.0 Å². The van der Waals surface area contributed by atoms with E-state index in [1.54, 1.807) is 21.0 Å². The standard InChI is InChI=1S/C20H20N4O2S/c1-13(18(25)23(2)10-6-9-21)27-20-22-17-12-15-8-5-4-7-14(15)11-16(17)19(26)24(20)3/h4-5,7-8,11-13H,6,10H2,1-3H3/t13-/m0/s1.